The molecule has 1 aromatic heterocycles. The van der Waals surface area contributed by atoms with E-state index in [2.05, 4.69) is 31.4 Å². The molecule has 0 spiro atoms. The number of hydrogen-bond donors (Lipinski definition) is 1. The lowest BCUT2D eigenvalue weighted by atomic mass is 10.1. The van der Waals surface area contributed by atoms with E-state index >= 15 is 0 Å². The molecule has 0 saturated heterocycles. The highest BCUT2D eigenvalue weighted by Crippen LogP contribution is 2.23. The number of aromatic nitrogens is 1. The van der Waals surface area contributed by atoms with Gasteiger partial charge >= 0.3 is 0 Å². The lowest BCUT2D eigenvalue weighted by molar-refractivity contribution is 0.103. The smallest absolute Gasteiger partial charge is 0.237 e. The van der Waals surface area contributed by atoms with Crippen LogP contribution in [0.1, 0.15) is 16.1 Å². The lowest BCUT2D eigenvalue weighted by Crippen LogP contribution is -2.08. The van der Waals surface area contributed by atoms with Gasteiger partial charge in [0.25, 0.3) is 0 Å². The summed E-state index contributed by atoms with van der Waals surface area (Å²) in [5.41, 5.74) is 3.22. The normalized spacial score (nSPS) is 9.23. The molecule has 0 aliphatic heterocycles. The van der Waals surface area contributed by atoms with Gasteiger partial charge in [-0.1, -0.05) is 22.0 Å². The Labute approximate surface area is 134 Å². The summed E-state index contributed by atoms with van der Waals surface area (Å²) in [6, 6.07) is 13.3. The number of benzene rings is 1. The van der Waals surface area contributed by atoms with Crippen LogP contribution in [0.5, 0.6) is 0 Å². The maximum atomic E-state index is 12.5. The summed E-state index contributed by atoms with van der Waals surface area (Å²) in [4.78, 5) is 16.5. The third-order valence-corrected chi connectivity index (χ3v) is 3.12. The third kappa shape index (κ3) is 3.54. The minimum Gasteiger partial charge on any atom is -0.287 e. The first-order valence-corrected chi connectivity index (χ1v) is 6.84. The quantitative estimate of drug-likeness (QED) is 0.517. The van der Waals surface area contributed by atoms with Crippen molar-refractivity contribution in [1.29, 1.82) is 10.5 Å². The van der Waals surface area contributed by atoms with Crippen LogP contribution in [0.2, 0.25) is 0 Å². The van der Waals surface area contributed by atoms with Crippen LogP contribution in [-0.4, -0.2) is 16.5 Å². The molecule has 22 heavy (non-hydrogen) atoms. The second-order valence-corrected chi connectivity index (χ2v) is 4.95. The zero-order valence-corrected chi connectivity index (χ0v) is 12.7. The number of nitrogens with zero attached hydrogens (tertiary/aromatic N) is 4. The molecule has 0 saturated carbocycles. The van der Waals surface area contributed by atoms with Gasteiger partial charge in [0.15, 0.2) is 0 Å². The molecule has 6 nitrogen and oxygen atoms in total. The number of ketones is 1. The van der Waals surface area contributed by atoms with Gasteiger partial charge in [-0.05, 0) is 30.3 Å². The Morgan fingerprint density at radius 1 is 1.23 bits per heavy atom. The van der Waals surface area contributed by atoms with E-state index in [4.69, 9.17) is 10.5 Å². The van der Waals surface area contributed by atoms with Crippen molar-refractivity contribution >= 4 is 33.1 Å². The molecule has 106 valence electrons. The Morgan fingerprint density at radius 3 is 2.64 bits per heavy atom. The monoisotopic (exact) mass is 353 g/mol. The van der Waals surface area contributed by atoms with Crippen LogP contribution in [0.4, 0.5) is 5.69 Å². The summed E-state index contributed by atoms with van der Waals surface area (Å²) >= 11 is 3.30. The van der Waals surface area contributed by atoms with E-state index in [9.17, 15) is 4.79 Å². The van der Waals surface area contributed by atoms with Crippen molar-refractivity contribution in [2.45, 2.75) is 0 Å². The second-order valence-electron chi connectivity index (χ2n) is 4.03. The number of hydrazone groups is 1. The molecule has 0 atom stereocenters. The molecule has 0 radical (unpaired) electrons. The van der Waals surface area contributed by atoms with E-state index in [0.717, 1.165) is 0 Å². The van der Waals surface area contributed by atoms with Crippen LogP contribution in [-0.2, 0) is 0 Å². The summed E-state index contributed by atoms with van der Waals surface area (Å²) in [6.45, 7) is 0. The summed E-state index contributed by atoms with van der Waals surface area (Å²) in [5.74, 6) is -0.296. The minimum absolute atomic E-state index is 0.286. The van der Waals surface area contributed by atoms with Crippen LogP contribution >= 0.6 is 15.9 Å². The first-order chi connectivity index (χ1) is 10.7. The predicted octanol–water partition coefficient (Wildman–Crippen LogP) is 2.89. The summed E-state index contributed by atoms with van der Waals surface area (Å²) < 4.78 is 0.710. The van der Waals surface area contributed by atoms with Crippen LogP contribution in [0.15, 0.2) is 52.2 Å². The molecule has 1 heterocycles. The molecular formula is C15H8BrN5O. The number of halogens is 1. The minimum atomic E-state index is -0.334. The molecule has 0 fully saturated rings. The fourth-order valence-corrected chi connectivity index (χ4v) is 1.99. The standard InChI is InChI=1S/C15H8BrN5O/c16-10-4-5-13(21-20-11(8-17)9-18)12(7-10)15(22)14-3-1-2-6-19-14/h1-7,21H. The van der Waals surface area contributed by atoms with Gasteiger partial charge in [0.1, 0.15) is 17.8 Å². The number of anilines is 1. The number of nitrogens with one attached hydrogen (secondary N) is 1. The number of nitriles is 2. The van der Waals surface area contributed by atoms with E-state index in [1.165, 1.54) is 6.20 Å². The average Bonchev–Trinajstić information content (AvgIpc) is 2.57. The SMILES string of the molecule is N#CC(C#N)=NNc1ccc(Br)cc1C(=O)c1ccccn1. The molecule has 7 heteroatoms. The number of rotatable bonds is 4. The Bertz CT molecular complexity index is 802. The molecule has 2 rings (SSSR count). The highest BCUT2D eigenvalue weighted by atomic mass is 79.9. The van der Waals surface area contributed by atoms with Gasteiger partial charge in [-0.3, -0.25) is 15.2 Å². The van der Waals surface area contributed by atoms with E-state index in [1.807, 2.05) is 0 Å². The van der Waals surface area contributed by atoms with E-state index in [-0.39, 0.29) is 17.2 Å². The lowest BCUT2D eigenvalue weighted by Gasteiger charge is -2.08. The van der Waals surface area contributed by atoms with Crippen molar-refractivity contribution in [3.63, 3.8) is 0 Å². The fourth-order valence-electron chi connectivity index (χ4n) is 1.63. The molecule has 0 aliphatic carbocycles. The third-order valence-electron chi connectivity index (χ3n) is 2.62. The zero-order chi connectivity index (χ0) is 15.9. The summed E-state index contributed by atoms with van der Waals surface area (Å²) in [6.07, 6.45) is 1.53. The molecule has 0 amide bonds. The van der Waals surface area contributed by atoms with Crippen molar-refractivity contribution in [3.8, 4) is 12.1 Å². The van der Waals surface area contributed by atoms with Crippen molar-refractivity contribution in [1.82, 2.24) is 4.98 Å². The average molecular weight is 354 g/mol. The number of carbonyl (C=O) groups excluding carboxylic acids is 1. The molecule has 0 bridgehead atoms. The highest BCUT2D eigenvalue weighted by Gasteiger charge is 2.15. The molecule has 0 unspecified atom stereocenters. The van der Waals surface area contributed by atoms with Gasteiger partial charge in [0.05, 0.1) is 11.3 Å². The fraction of sp³-hybridized carbons (Fsp3) is 0. The maximum absolute atomic E-state index is 12.5. The van der Waals surface area contributed by atoms with Crippen molar-refractivity contribution in [2.24, 2.45) is 5.10 Å². The topological polar surface area (TPSA) is 102 Å². The van der Waals surface area contributed by atoms with Crippen molar-refractivity contribution in [2.75, 3.05) is 5.43 Å². The van der Waals surface area contributed by atoms with Crippen LogP contribution in [0.25, 0.3) is 0 Å². The van der Waals surface area contributed by atoms with Crippen LogP contribution in [0, 0.1) is 22.7 Å². The van der Waals surface area contributed by atoms with Gasteiger partial charge in [0, 0.05) is 10.7 Å². The van der Waals surface area contributed by atoms with Crippen LogP contribution in [0.3, 0.4) is 0 Å². The number of carbonyl (C=O) groups is 1. The summed E-state index contributed by atoms with van der Waals surface area (Å²) in [7, 11) is 0. The highest BCUT2D eigenvalue weighted by molar-refractivity contribution is 9.10. The van der Waals surface area contributed by atoms with Gasteiger partial charge in [-0.25, -0.2) is 0 Å². The van der Waals surface area contributed by atoms with Gasteiger partial charge < -0.3 is 0 Å². The van der Waals surface area contributed by atoms with Crippen molar-refractivity contribution < 1.29 is 4.79 Å². The van der Waals surface area contributed by atoms with Crippen molar-refractivity contribution in [3.05, 3.63) is 58.3 Å². The number of pyridine rings is 1. The molecule has 1 N–H and O–H groups in total. The Morgan fingerprint density at radius 2 is 2.00 bits per heavy atom. The Balaban J connectivity index is 2.41. The molecule has 1 aromatic carbocycles. The zero-order valence-electron chi connectivity index (χ0n) is 11.1. The number of hydrogen-bond acceptors (Lipinski definition) is 6. The van der Waals surface area contributed by atoms with Gasteiger partial charge in [-0.2, -0.15) is 15.6 Å². The Hall–Kier alpha value is -3.03. The second kappa shape index (κ2) is 7.11. The maximum Gasteiger partial charge on any atom is 0.237 e. The van der Waals surface area contributed by atoms with E-state index in [1.54, 1.807) is 48.5 Å². The largest absolute Gasteiger partial charge is 0.287 e. The molecule has 2 aromatic rings. The molecule has 0 aliphatic rings. The van der Waals surface area contributed by atoms with Crippen LogP contribution < -0.4 is 5.43 Å². The first kappa shape index (κ1) is 15.4. The molecular weight excluding hydrogens is 346 g/mol. The van der Waals surface area contributed by atoms with Gasteiger partial charge in [-0.15, -0.1) is 0 Å². The summed E-state index contributed by atoms with van der Waals surface area (Å²) in [5, 5.41) is 21.0. The van der Waals surface area contributed by atoms with E-state index in [0.29, 0.717) is 15.7 Å². The predicted molar refractivity (Wildman–Crippen MR) is 84.1 cm³/mol. The van der Waals surface area contributed by atoms with Gasteiger partial charge in [0.2, 0.25) is 11.5 Å². The first-order valence-electron chi connectivity index (χ1n) is 6.05. The van der Waals surface area contributed by atoms with E-state index < -0.39 is 0 Å². The Kier molecular flexibility index (Phi) is 4.97.